The highest BCUT2D eigenvalue weighted by Gasteiger charge is 2.08. The van der Waals surface area contributed by atoms with Gasteiger partial charge in [0, 0.05) is 18.7 Å². The lowest BCUT2D eigenvalue weighted by Crippen LogP contribution is -2.03. The molecular weight excluding hydrogens is 311 g/mol. The van der Waals surface area contributed by atoms with Crippen LogP contribution in [0.1, 0.15) is 17.3 Å². The molecule has 0 fully saturated rings. The number of carbonyl (C=O) groups is 1. The third kappa shape index (κ3) is 3.43. The summed E-state index contributed by atoms with van der Waals surface area (Å²) >= 11 is 0. The zero-order valence-corrected chi connectivity index (χ0v) is 12.9. The van der Waals surface area contributed by atoms with E-state index in [2.05, 4.69) is 5.10 Å². The molecule has 0 aliphatic rings. The van der Waals surface area contributed by atoms with Crippen LogP contribution in [0, 0.1) is 0 Å². The van der Waals surface area contributed by atoms with E-state index in [4.69, 9.17) is 9.84 Å². The molecule has 1 N–H and O–H groups in total. The van der Waals surface area contributed by atoms with E-state index in [1.165, 1.54) is 13.0 Å². The number of aromatic nitrogens is 2. The monoisotopic (exact) mass is 326 g/mol. The minimum Gasteiger partial charge on any atom is -0.478 e. The number of nitrogens with zero attached hydrogens (tertiary/aromatic N) is 2. The van der Waals surface area contributed by atoms with Crippen molar-refractivity contribution in [1.29, 1.82) is 0 Å². The van der Waals surface area contributed by atoms with E-state index < -0.39 is 12.3 Å². The first-order valence-corrected chi connectivity index (χ1v) is 7.33. The normalized spacial score (nSPS) is 11.9. The molecule has 3 aromatic rings. The van der Waals surface area contributed by atoms with Crippen LogP contribution >= 0.6 is 0 Å². The molecule has 1 atom stereocenters. The number of hydrogen-bond donors (Lipinski definition) is 1. The number of hydrogen-bond acceptors (Lipinski definition) is 3. The maximum Gasteiger partial charge on any atom is 0.335 e. The Bertz CT molecular complexity index is 857. The van der Waals surface area contributed by atoms with Crippen molar-refractivity contribution in [3.63, 3.8) is 0 Å². The average Bonchev–Trinajstić information content (AvgIpc) is 3.05. The Labute approximate surface area is 137 Å². The van der Waals surface area contributed by atoms with Gasteiger partial charge in [-0.2, -0.15) is 5.10 Å². The Morgan fingerprint density at radius 1 is 1.21 bits per heavy atom. The Morgan fingerprint density at radius 3 is 2.62 bits per heavy atom. The van der Waals surface area contributed by atoms with Crippen LogP contribution in [0.4, 0.5) is 4.39 Å². The van der Waals surface area contributed by atoms with Crippen molar-refractivity contribution in [2.24, 2.45) is 0 Å². The second-order valence-electron chi connectivity index (χ2n) is 5.19. The molecule has 0 bridgehead atoms. The number of aromatic carboxylic acids is 1. The van der Waals surface area contributed by atoms with Gasteiger partial charge in [-0.25, -0.2) is 13.9 Å². The summed E-state index contributed by atoms with van der Waals surface area (Å²) in [5.41, 5.74) is 2.38. The van der Waals surface area contributed by atoms with Crippen molar-refractivity contribution in [2.75, 3.05) is 0 Å². The van der Waals surface area contributed by atoms with Gasteiger partial charge in [-0.05, 0) is 42.5 Å². The first kappa shape index (κ1) is 15.7. The first-order valence-electron chi connectivity index (χ1n) is 7.33. The van der Waals surface area contributed by atoms with Crippen LogP contribution in [0.15, 0.2) is 60.8 Å². The quantitative estimate of drug-likeness (QED) is 0.771. The molecule has 6 heteroatoms. The molecule has 1 aromatic heterocycles. The van der Waals surface area contributed by atoms with Gasteiger partial charge in [0.2, 0.25) is 6.36 Å². The molecule has 1 unspecified atom stereocenters. The second kappa shape index (κ2) is 6.54. The molecule has 24 heavy (non-hydrogen) atoms. The minimum absolute atomic E-state index is 0.212. The summed E-state index contributed by atoms with van der Waals surface area (Å²) in [7, 11) is 0. The molecule has 0 aliphatic heterocycles. The van der Waals surface area contributed by atoms with Gasteiger partial charge in [0.05, 0.1) is 16.9 Å². The molecule has 0 aliphatic carbocycles. The summed E-state index contributed by atoms with van der Waals surface area (Å²) in [5, 5.41) is 13.5. The van der Waals surface area contributed by atoms with Crippen LogP contribution in [-0.4, -0.2) is 27.2 Å². The van der Waals surface area contributed by atoms with Crippen LogP contribution in [-0.2, 0) is 0 Å². The molecule has 0 spiro atoms. The lowest BCUT2D eigenvalue weighted by Gasteiger charge is -2.07. The van der Waals surface area contributed by atoms with Gasteiger partial charge in [-0.1, -0.05) is 12.1 Å². The standard InChI is InChI=1S/C18H15FN2O3/c1-12(19)24-16-7-5-15(6-8-16)21-10-9-17(20-21)13-3-2-4-14(11-13)18(22)23/h2-12H,1H3,(H,22,23). The van der Waals surface area contributed by atoms with Gasteiger partial charge in [0.1, 0.15) is 5.75 Å². The van der Waals surface area contributed by atoms with Gasteiger partial charge in [0.15, 0.2) is 0 Å². The highest BCUT2D eigenvalue weighted by Crippen LogP contribution is 2.21. The Balaban J connectivity index is 1.85. The molecule has 2 aromatic carbocycles. The SMILES string of the molecule is CC(F)Oc1ccc(-n2ccc(-c3cccc(C(=O)O)c3)n2)cc1. The first-order chi connectivity index (χ1) is 11.5. The predicted octanol–water partition coefficient (Wildman–Crippen LogP) is 3.93. The van der Waals surface area contributed by atoms with Gasteiger partial charge in [-0.3, -0.25) is 0 Å². The lowest BCUT2D eigenvalue weighted by atomic mass is 10.1. The smallest absolute Gasteiger partial charge is 0.335 e. The number of rotatable bonds is 5. The molecule has 0 radical (unpaired) electrons. The van der Waals surface area contributed by atoms with E-state index >= 15 is 0 Å². The van der Waals surface area contributed by atoms with Crippen LogP contribution in [0.25, 0.3) is 16.9 Å². The minimum atomic E-state index is -1.37. The number of carboxylic acids is 1. The van der Waals surface area contributed by atoms with Crippen LogP contribution in [0.5, 0.6) is 5.75 Å². The van der Waals surface area contributed by atoms with E-state index in [-0.39, 0.29) is 5.56 Å². The van der Waals surface area contributed by atoms with Gasteiger partial charge < -0.3 is 9.84 Å². The van der Waals surface area contributed by atoms with Gasteiger partial charge >= 0.3 is 5.97 Å². The molecule has 122 valence electrons. The third-order valence-electron chi connectivity index (χ3n) is 3.39. The Kier molecular flexibility index (Phi) is 4.29. The molecule has 1 heterocycles. The van der Waals surface area contributed by atoms with E-state index in [0.717, 1.165) is 11.3 Å². The molecule has 0 saturated carbocycles. The zero-order valence-electron chi connectivity index (χ0n) is 12.9. The number of benzene rings is 2. The van der Waals surface area contributed by atoms with E-state index in [1.54, 1.807) is 59.4 Å². The molecule has 5 nitrogen and oxygen atoms in total. The van der Waals surface area contributed by atoms with Crippen LogP contribution < -0.4 is 4.74 Å². The van der Waals surface area contributed by atoms with Crippen molar-refractivity contribution >= 4 is 5.97 Å². The zero-order chi connectivity index (χ0) is 17.1. The Hall–Kier alpha value is -3.15. The topological polar surface area (TPSA) is 64.3 Å². The van der Waals surface area contributed by atoms with Crippen molar-refractivity contribution < 1.29 is 19.0 Å². The summed E-state index contributed by atoms with van der Waals surface area (Å²) < 4.78 is 19.4. The van der Waals surface area contributed by atoms with Crippen molar-refractivity contribution in [1.82, 2.24) is 9.78 Å². The lowest BCUT2D eigenvalue weighted by molar-refractivity contribution is 0.0696. The summed E-state index contributed by atoms with van der Waals surface area (Å²) in [5.74, 6) is -0.538. The summed E-state index contributed by atoms with van der Waals surface area (Å²) in [6.07, 6.45) is 0.407. The highest BCUT2D eigenvalue weighted by molar-refractivity contribution is 5.89. The Morgan fingerprint density at radius 2 is 1.96 bits per heavy atom. The molecule has 3 rings (SSSR count). The van der Waals surface area contributed by atoms with Gasteiger partial charge in [0.25, 0.3) is 0 Å². The van der Waals surface area contributed by atoms with E-state index in [9.17, 15) is 9.18 Å². The van der Waals surface area contributed by atoms with Crippen LogP contribution in [0.2, 0.25) is 0 Å². The van der Waals surface area contributed by atoms with Crippen molar-refractivity contribution in [3.8, 4) is 22.7 Å². The highest BCUT2D eigenvalue weighted by atomic mass is 19.1. The number of halogens is 1. The maximum absolute atomic E-state index is 12.8. The van der Waals surface area contributed by atoms with E-state index in [1.807, 2.05) is 0 Å². The van der Waals surface area contributed by atoms with Crippen molar-refractivity contribution in [3.05, 3.63) is 66.4 Å². The predicted molar refractivity (Wildman–Crippen MR) is 87.2 cm³/mol. The number of alkyl halides is 1. The maximum atomic E-state index is 12.8. The fourth-order valence-electron chi connectivity index (χ4n) is 2.30. The fourth-order valence-corrected chi connectivity index (χ4v) is 2.30. The largest absolute Gasteiger partial charge is 0.478 e. The van der Waals surface area contributed by atoms with Crippen molar-refractivity contribution in [2.45, 2.75) is 13.3 Å². The van der Waals surface area contributed by atoms with Crippen LogP contribution in [0.3, 0.4) is 0 Å². The number of ether oxygens (including phenoxy) is 1. The molecule has 0 saturated heterocycles. The fraction of sp³-hybridized carbons (Fsp3) is 0.111. The summed E-state index contributed by atoms with van der Waals surface area (Å²) in [4.78, 5) is 11.1. The van der Waals surface area contributed by atoms with Gasteiger partial charge in [-0.15, -0.1) is 0 Å². The number of carboxylic acid groups (broad SMARTS) is 1. The summed E-state index contributed by atoms with van der Waals surface area (Å²) in [6.45, 7) is 1.32. The average molecular weight is 326 g/mol. The third-order valence-corrected chi connectivity index (χ3v) is 3.39. The second-order valence-corrected chi connectivity index (χ2v) is 5.19. The van der Waals surface area contributed by atoms with E-state index in [0.29, 0.717) is 11.4 Å². The molecule has 0 amide bonds. The molecular formula is C18H15FN2O3. The summed E-state index contributed by atoms with van der Waals surface area (Å²) in [6, 6.07) is 15.3.